The molecular weight excluding hydrogens is 230 g/mol. The minimum Gasteiger partial charge on any atom is -0.341 e. The lowest BCUT2D eigenvalue weighted by molar-refractivity contribution is 0.255. The first-order valence-electron chi connectivity index (χ1n) is 7.80. The molecule has 0 radical (unpaired) electrons. The van der Waals surface area contributed by atoms with Gasteiger partial charge in [-0.25, -0.2) is 0 Å². The fourth-order valence-electron chi connectivity index (χ4n) is 3.13. The van der Waals surface area contributed by atoms with Gasteiger partial charge in [-0.15, -0.1) is 0 Å². The number of hydrogen-bond acceptors (Lipinski definition) is 1. The van der Waals surface area contributed by atoms with E-state index in [1.807, 2.05) is 0 Å². The highest BCUT2D eigenvalue weighted by Gasteiger charge is 2.35. The molecular formula is C18H27N. The van der Waals surface area contributed by atoms with Crippen LogP contribution in [0.1, 0.15) is 59.8 Å². The SMILES string of the molecule is CCCC(CC)N1C2=C(C=CC=CC2)C1=C(C)CC. The van der Waals surface area contributed by atoms with E-state index in [0.717, 1.165) is 12.8 Å². The molecule has 2 aliphatic rings. The van der Waals surface area contributed by atoms with Crippen LogP contribution < -0.4 is 0 Å². The Morgan fingerprint density at radius 2 is 2.05 bits per heavy atom. The van der Waals surface area contributed by atoms with E-state index in [2.05, 4.69) is 56.9 Å². The average molecular weight is 257 g/mol. The zero-order chi connectivity index (χ0) is 13.8. The van der Waals surface area contributed by atoms with Crippen molar-refractivity contribution in [2.45, 2.75) is 65.8 Å². The van der Waals surface area contributed by atoms with Crippen LogP contribution in [0.5, 0.6) is 0 Å². The van der Waals surface area contributed by atoms with Gasteiger partial charge in [-0.2, -0.15) is 0 Å². The molecule has 1 atom stereocenters. The second-order valence-electron chi connectivity index (χ2n) is 5.56. The van der Waals surface area contributed by atoms with E-state index in [1.54, 1.807) is 0 Å². The Labute approximate surface area is 118 Å². The van der Waals surface area contributed by atoms with Crippen LogP contribution in [-0.4, -0.2) is 10.9 Å². The third-order valence-corrected chi connectivity index (χ3v) is 4.31. The van der Waals surface area contributed by atoms with Crippen LogP contribution in [0.15, 0.2) is 46.8 Å². The summed E-state index contributed by atoms with van der Waals surface area (Å²) in [6.45, 7) is 9.16. The Morgan fingerprint density at radius 3 is 2.68 bits per heavy atom. The molecule has 0 N–H and O–H groups in total. The van der Waals surface area contributed by atoms with Crippen LogP contribution in [0.25, 0.3) is 0 Å². The van der Waals surface area contributed by atoms with E-state index in [9.17, 15) is 0 Å². The predicted molar refractivity (Wildman–Crippen MR) is 83.7 cm³/mol. The third-order valence-electron chi connectivity index (χ3n) is 4.31. The van der Waals surface area contributed by atoms with Crippen molar-refractivity contribution in [2.75, 3.05) is 0 Å². The van der Waals surface area contributed by atoms with Crippen molar-refractivity contribution < 1.29 is 0 Å². The maximum Gasteiger partial charge on any atom is 0.0491 e. The van der Waals surface area contributed by atoms with E-state index in [-0.39, 0.29) is 0 Å². The van der Waals surface area contributed by atoms with Crippen LogP contribution in [0.3, 0.4) is 0 Å². The Bertz CT molecular complexity index is 448. The van der Waals surface area contributed by atoms with Crippen LogP contribution in [0, 0.1) is 0 Å². The molecule has 1 nitrogen and oxygen atoms in total. The second kappa shape index (κ2) is 6.27. The maximum absolute atomic E-state index is 2.64. The lowest BCUT2D eigenvalue weighted by atomic mass is 9.88. The highest BCUT2D eigenvalue weighted by atomic mass is 15.2. The molecule has 0 bridgehead atoms. The Hall–Kier alpha value is -1.24. The number of hydrogen-bond donors (Lipinski definition) is 0. The molecule has 0 amide bonds. The normalized spacial score (nSPS) is 22.0. The summed E-state index contributed by atoms with van der Waals surface area (Å²) in [6, 6.07) is 0.681. The Morgan fingerprint density at radius 1 is 1.26 bits per heavy atom. The molecule has 1 aliphatic carbocycles. The van der Waals surface area contributed by atoms with Gasteiger partial charge in [-0.3, -0.25) is 0 Å². The molecule has 2 rings (SSSR count). The molecule has 0 aromatic heterocycles. The largest absolute Gasteiger partial charge is 0.341 e. The minimum absolute atomic E-state index is 0.681. The zero-order valence-corrected chi connectivity index (χ0v) is 12.9. The molecule has 104 valence electrons. The topological polar surface area (TPSA) is 3.24 Å². The van der Waals surface area contributed by atoms with Gasteiger partial charge < -0.3 is 4.90 Å². The van der Waals surface area contributed by atoms with Crippen LogP contribution in [0.4, 0.5) is 0 Å². The maximum atomic E-state index is 2.64. The van der Waals surface area contributed by atoms with E-state index in [1.165, 1.54) is 41.8 Å². The van der Waals surface area contributed by atoms with Crippen molar-refractivity contribution in [2.24, 2.45) is 0 Å². The van der Waals surface area contributed by atoms with Crippen molar-refractivity contribution in [3.63, 3.8) is 0 Å². The van der Waals surface area contributed by atoms with Crippen LogP contribution in [-0.2, 0) is 0 Å². The smallest absolute Gasteiger partial charge is 0.0491 e. The first kappa shape index (κ1) is 14.2. The predicted octanol–water partition coefficient (Wildman–Crippen LogP) is 5.33. The first-order chi connectivity index (χ1) is 9.24. The van der Waals surface area contributed by atoms with E-state index >= 15 is 0 Å². The molecule has 0 spiro atoms. The minimum atomic E-state index is 0.681. The van der Waals surface area contributed by atoms with Crippen molar-refractivity contribution in [3.05, 3.63) is 46.8 Å². The zero-order valence-electron chi connectivity index (χ0n) is 12.9. The lowest BCUT2D eigenvalue weighted by Gasteiger charge is -2.46. The van der Waals surface area contributed by atoms with Gasteiger partial charge in [0.2, 0.25) is 0 Å². The summed E-state index contributed by atoms with van der Waals surface area (Å²) in [5.74, 6) is 0. The van der Waals surface area contributed by atoms with Gasteiger partial charge in [0.25, 0.3) is 0 Å². The van der Waals surface area contributed by atoms with Gasteiger partial charge in [0.05, 0.1) is 0 Å². The molecule has 19 heavy (non-hydrogen) atoms. The number of allylic oxidation sites excluding steroid dienone is 5. The van der Waals surface area contributed by atoms with Crippen LogP contribution >= 0.6 is 0 Å². The van der Waals surface area contributed by atoms with Gasteiger partial charge >= 0.3 is 0 Å². The first-order valence-corrected chi connectivity index (χ1v) is 7.80. The molecule has 1 unspecified atom stereocenters. The average Bonchev–Trinajstić information content (AvgIpc) is 2.61. The van der Waals surface area contributed by atoms with E-state index in [0.29, 0.717) is 6.04 Å². The molecule has 0 aromatic rings. The molecule has 1 heterocycles. The second-order valence-corrected chi connectivity index (χ2v) is 5.56. The number of rotatable bonds is 5. The summed E-state index contributed by atoms with van der Waals surface area (Å²) < 4.78 is 0. The highest BCUT2D eigenvalue weighted by molar-refractivity contribution is 5.56. The van der Waals surface area contributed by atoms with Crippen molar-refractivity contribution in [1.82, 2.24) is 4.90 Å². The third kappa shape index (κ3) is 2.56. The van der Waals surface area contributed by atoms with Gasteiger partial charge in [0.1, 0.15) is 0 Å². The lowest BCUT2D eigenvalue weighted by Crippen LogP contribution is -2.42. The van der Waals surface area contributed by atoms with Gasteiger partial charge in [-0.1, -0.05) is 51.5 Å². The fraction of sp³-hybridized carbons (Fsp3) is 0.556. The molecule has 0 saturated heterocycles. The summed E-state index contributed by atoms with van der Waals surface area (Å²) >= 11 is 0. The summed E-state index contributed by atoms with van der Waals surface area (Å²) in [7, 11) is 0. The summed E-state index contributed by atoms with van der Waals surface area (Å²) in [4.78, 5) is 2.64. The summed E-state index contributed by atoms with van der Waals surface area (Å²) in [6.07, 6.45) is 15.0. The highest BCUT2D eigenvalue weighted by Crippen LogP contribution is 2.44. The summed E-state index contributed by atoms with van der Waals surface area (Å²) in [5, 5.41) is 0. The van der Waals surface area contributed by atoms with E-state index in [4.69, 9.17) is 0 Å². The van der Waals surface area contributed by atoms with Gasteiger partial charge in [0, 0.05) is 29.4 Å². The fourth-order valence-corrected chi connectivity index (χ4v) is 3.13. The molecule has 0 fully saturated rings. The molecule has 0 saturated carbocycles. The molecule has 1 aliphatic heterocycles. The molecule has 0 aromatic carbocycles. The number of nitrogens with zero attached hydrogens (tertiary/aromatic N) is 1. The Kier molecular flexibility index (Phi) is 4.68. The van der Waals surface area contributed by atoms with Crippen molar-refractivity contribution in [3.8, 4) is 0 Å². The van der Waals surface area contributed by atoms with Gasteiger partial charge in [-0.05, 0) is 31.8 Å². The quantitative estimate of drug-likeness (QED) is 0.643. The molecule has 1 heteroatoms. The van der Waals surface area contributed by atoms with Gasteiger partial charge in [0.15, 0.2) is 0 Å². The van der Waals surface area contributed by atoms with Crippen molar-refractivity contribution in [1.29, 1.82) is 0 Å². The Balaban J connectivity index is 2.38. The van der Waals surface area contributed by atoms with E-state index < -0.39 is 0 Å². The van der Waals surface area contributed by atoms with Crippen LogP contribution in [0.2, 0.25) is 0 Å². The van der Waals surface area contributed by atoms with Crippen molar-refractivity contribution >= 4 is 0 Å². The standard InChI is InChI=1S/C18H27N/c1-5-11-15(7-3)19-17-13-10-8-9-12-16(17)18(19)14(4)6-2/h8-10,12,15H,5-7,11,13H2,1-4H3. The summed E-state index contributed by atoms with van der Waals surface area (Å²) in [5.41, 5.74) is 6.06. The monoisotopic (exact) mass is 257 g/mol.